The molecular weight excluding hydrogens is 397 g/mol. The van der Waals surface area contributed by atoms with E-state index < -0.39 is 0 Å². The van der Waals surface area contributed by atoms with E-state index in [9.17, 15) is 4.79 Å². The topological polar surface area (TPSA) is 51.3 Å². The number of halogens is 2. The Morgan fingerprint density at radius 1 is 1.07 bits per heavy atom. The molecule has 1 aromatic heterocycles. The summed E-state index contributed by atoms with van der Waals surface area (Å²) in [6.07, 6.45) is 6.30. The van der Waals surface area contributed by atoms with Crippen molar-refractivity contribution >= 4 is 34.1 Å². The number of hydrogen-bond donors (Lipinski definition) is 1. The molecule has 3 aromatic rings. The summed E-state index contributed by atoms with van der Waals surface area (Å²) in [7, 11) is 0. The summed E-state index contributed by atoms with van der Waals surface area (Å²) in [5, 5.41) is 1.42. The van der Waals surface area contributed by atoms with Crippen molar-refractivity contribution in [2.24, 2.45) is 0 Å². The molecule has 1 fully saturated rings. The molecule has 0 spiro atoms. The van der Waals surface area contributed by atoms with Crippen LogP contribution in [0, 0.1) is 0 Å². The Morgan fingerprint density at radius 2 is 1.82 bits per heavy atom. The van der Waals surface area contributed by atoms with Gasteiger partial charge in [0.2, 0.25) is 5.43 Å². The molecule has 1 aliphatic rings. The lowest BCUT2D eigenvalue weighted by Gasteiger charge is -2.17. The zero-order valence-electron chi connectivity index (χ0n) is 15.6. The minimum absolute atomic E-state index is 0.154. The maximum absolute atomic E-state index is 13.4. The largest absolute Gasteiger partial charge is 0.493 e. The normalized spacial score (nSPS) is 14.5. The molecule has 6 heteroatoms. The Balaban J connectivity index is 1.89. The Morgan fingerprint density at radius 3 is 2.54 bits per heavy atom. The molecule has 0 bridgehead atoms. The first-order chi connectivity index (χ1) is 13.6. The highest BCUT2D eigenvalue weighted by atomic mass is 35.5. The summed E-state index contributed by atoms with van der Waals surface area (Å²) in [6.45, 7) is 2.35. The number of pyridine rings is 1. The highest BCUT2D eigenvalue weighted by Gasteiger charge is 2.21. The average Bonchev–Trinajstić information content (AvgIpc) is 3.18. The van der Waals surface area contributed by atoms with Crippen LogP contribution in [0.3, 0.4) is 0 Å². The summed E-state index contributed by atoms with van der Waals surface area (Å²) < 4.78 is 11.9. The van der Waals surface area contributed by atoms with Gasteiger partial charge in [-0.3, -0.25) is 4.79 Å². The third-order valence-corrected chi connectivity index (χ3v) is 5.63. The molecule has 4 nitrogen and oxygen atoms in total. The van der Waals surface area contributed by atoms with E-state index in [0.717, 1.165) is 12.8 Å². The molecule has 0 unspecified atom stereocenters. The van der Waals surface area contributed by atoms with Gasteiger partial charge in [0, 0.05) is 22.3 Å². The van der Waals surface area contributed by atoms with Gasteiger partial charge in [0.15, 0.2) is 0 Å². The molecule has 1 N–H and O–H groups in total. The van der Waals surface area contributed by atoms with Gasteiger partial charge < -0.3 is 14.5 Å². The van der Waals surface area contributed by atoms with E-state index in [2.05, 4.69) is 4.98 Å². The average molecular weight is 418 g/mol. The summed E-state index contributed by atoms with van der Waals surface area (Å²) >= 11 is 12.3. The van der Waals surface area contributed by atoms with Crippen LogP contribution in [0.15, 0.2) is 41.3 Å². The summed E-state index contributed by atoms with van der Waals surface area (Å²) in [4.78, 5) is 16.6. The van der Waals surface area contributed by atoms with Gasteiger partial charge in [-0.15, -0.1) is 0 Å². The fourth-order valence-corrected chi connectivity index (χ4v) is 4.26. The number of ether oxygens (including phenoxy) is 2. The molecular formula is C22H21Cl2NO3. The van der Waals surface area contributed by atoms with Crippen molar-refractivity contribution in [1.29, 1.82) is 0 Å². The second-order valence-corrected chi connectivity index (χ2v) is 7.77. The van der Waals surface area contributed by atoms with E-state index in [-0.39, 0.29) is 11.5 Å². The molecule has 146 valence electrons. The fraction of sp³-hybridized carbons (Fsp3) is 0.318. The predicted octanol–water partition coefficient (Wildman–Crippen LogP) is 6.22. The van der Waals surface area contributed by atoms with Crippen LogP contribution in [0.5, 0.6) is 11.5 Å². The van der Waals surface area contributed by atoms with Gasteiger partial charge in [0.25, 0.3) is 0 Å². The van der Waals surface area contributed by atoms with Crippen molar-refractivity contribution in [3.63, 3.8) is 0 Å². The second kappa shape index (κ2) is 8.06. The van der Waals surface area contributed by atoms with Crippen LogP contribution >= 0.6 is 23.2 Å². The number of benzene rings is 2. The minimum atomic E-state index is -0.154. The van der Waals surface area contributed by atoms with Gasteiger partial charge in [0.05, 0.1) is 28.6 Å². The van der Waals surface area contributed by atoms with E-state index in [1.165, 1.54) is 12.8 Å². The third-order valence-electron chi connectivity index (χ3n) is 5.08. The molecule has 1 aliphatic carbocycles. The number of fused-ring (bicyclic) bond motifs is 1. The lowest BCUT2D eigenvalue weighted by molar-refractivity contribution is 0.212. The van der Waals surface area contributed by atoms with Crippen molar-refractivity contribution in [2.45, 2.75) is 38.7 Å². The van der Waals surface area contributed by atoms with E-state index in [1.54, 1.807) is 30.5 Å². The minimum Gasteiger partial charge on any atom is -0.493 e. The van der Waals surface area contributed by atoms with Crippen molar-refractivity contribution in [2.75, 3.05) is 6.61 Å². The van der Waals surface area contributed by atoms with E-state index in [4.69, 9.17) is 32.7 Å². The van der Waals surface area contributed by atoms with E-state index >= 15 is 0 Å². The van der Waals surface area contributed by atoms with Crippen LogP contribution in [0.2, 0.25) is 10.0 Å². The van der Waals surface area contributed by atoms with Gasteiger partial charge in [0.1, 0.15) is 11.5 Å². The molecule has 0 saturated heterocycles. The molecule has 0 radical (unpaired) electrons. The molecule has 28 heavy (non-hydrogen) atoms. The van der Waals surface area contributed by atoms with Gasteiger partial charge in [-0.1, -0.05) is 29.3 Å². The molecule has 2 aromatic carbocycles. The zero-order chi connectivity index (χ0) is 19.7. The monoisotopic (exact) mass is 417 g/mol. The van der Waals surface area contributed by atoms with Crippen LogP contribution in [0.25, 0.3) is 22.0 Å². The van der Waals surface area contributed by atoms with Gasteiger partial charge in [-0.25, -0.2) is 0 Å². The third kappa shape index (κ3) is 3.59. The SMILES string of the molecule is CCOc1ccc(OC2CCCC2)c2[nH]cc(-c3ccc(Cl)cc3Cl)c(=O)c12. The van der Waals surface area contributed by atoms with Gasteiger partial charge in [-0.2, -0.15) is 0 Å². The molecule has 4 rings (SSSR count). The quantitative estimate of drug-likeness (QED) is 0.535. The standard InChI is InChI=1S/C22H21Cl2NO3/c1-2-27-18-9-10-19(28-14-5-3-4-6-14)21-20(18)22(26)16(12-25-21)15-8-7-13(23)11-17(15)24/h7-12,14H,2-6H2,1H3,(H,25,26). The van der Waals surface area contributed by atoms with Gasteiger partial charge >= 0.3 is 0 Å². The Bertz CT molecular complexity index is 1070. The Hall–Kier alpha value is -2.17. The highest BCUT2D eigenvalue weighted by molar-refractivity contribution is 6.36. The van der Waals surface area contributed by atoms with Crippen molar-refractivity contribution < 1.29 is 9.47 Å². The van der Waals surface area contributed by atoms with Crippen LogP contribution in [-0.4, -0.2) is 17.7 Å². The number of hydrogen-bond acceptors (Lipinski definition) is 3. The number of nitrogens with one attached hydrogen (secondary N) is 1. The molecule has 1 saturated carbocycles. The first kappa shape index (κ1) is 19.2. The maximum Gasteiger partial charge on any atom is 0.201 e. The van der Waals surface area contributed by atoms with Crippen LogP contribution in [0.1, 0.15) is 32.6 Å². The van der Waals surface area contributed by atoms with Crippen molar-refractivity contribution in [3.8, 4) is 22.6 Å². The van der Waals surface area contributed by atoms with Gasteiger partial charge in [-0.05, 0) is 56.9 Å². The van der Waals surface area contributed by atoms with Crippen LogP contribution < -0.4 is 14.9 Å². The van der Waals surface area contributed by atoms with E-state index in [1.807, 2.05) is 13.0 Å². The summed E-state index contributed by atoms with van der Waals surface area (Å²) in [5.41, 5.74) is 1.59. The first-order valence-corrected chi connectivity index (χ1v) is 10.3. The lowest BCUT2D eigenvalue weighted by Crippen LogP contribution is -2.14. The first-order valence-electron chi connectivity index (χ1n) is 9.51. The number of aromatic amines is 1. The van der Waals surface area contributed by atoms with Crippen molar-refractivity contribution in [3.05, 3.63) is 56.8 Å². The highest BCUT2D eigenvalue weighted by Crippen LogP contribution is 2.35. The van der Waals surface area contributed by atoms with Crippen molar-refractivity contribution in [1.82, 2.24) is 4.98 Å². The van der Waals surface area contributed by atoms with Crippen LogP contribution in [-0.2, 0) is 0 Å². The molecule has 1 heterocycles. The lowest BCUT2D eigenvalue weighted by atomic mass is 10.0. The summed E-state index contributed by atoms with van der Waals surface area (Å²) in [5.74, 6) is 1.21. The Kier molecular flexibility index (Phi) is 5.51. The fourth-order valence-electron chi connectivity index (χ4n) is 3.75. The summed E-state index contributed by atoms with van der Waals surface area (Å²) in [6, 6.07) is 8.77. The maximum atomic E-state index is 13.4. The zero-order valence-corrected chi connectivity index (χ0v) is 17.1. The second-order valence-electron chi connectivity index (χ2n) is 6.92. The number of rotatable bonds is 5. The van der Waals surface area contributed by atoms with Crippen LogP contribution in [0.4, 0.5) is 0 Å². The molecule has 0 aliphatic heterocycles. The van der Waals surface area contributed by atoms with E-state index in [0.29, 0.717) is 50.2 Å². The number of aromatic nitrogens is 1. The number of H-pyrrole nitrogens is 1. The smallest absolute Gasteiger partial charge is 0.201 e. The molecule has 0 atom stereocenters. The molecule has 0 amide bonds. The Labute approximate surface area is 173 Å². The predicted molar refractivity (Wildman–Crippen MR) is 114 cm³/mol.